The smallest absolute Gasteiger partial charge is 0.160 e. The van der Waals surface area contributed by atoms with Crippen LogP contribution in [0, 0.1) is 11.3 Å². The highest BCUT2D eigenvalue weighted by atomic mass is 16.5. The lowest BCUT2D eigenvalue weighted by atomic mass is 9.95. The molecule has 3 heteroatoms. The lowest BCUT2D eigenvalue weighted by Gasteiger charge is -2.14. The highest BCUT2D eigenvalue weighted by Crippen LogP contribution is 2.54. The molecule has 2 unspecified atom stereocenters. The number of rotatable bonds is 6. The average Bonchev–Trinajstić information content (AvgIpc) is 2.99. The maximum Gasteiger partial charge on any atom is 0.160 e. The summed E-state index contributed by atoms with van der Waals surface area (Å²) in [4.78, 5) is 0. The predicted octanol–water partition coefficient (Wildman–Crippen LogP) is 2.49. The first-order chi connectivity index (χ1) is 8.62. The third-order valence-corrected chi connectivity index (χ3v) is 4.04. The van der Waals surface area contributed by atoms with Gasteiger partial charge in [-0.25, -0.2) is 0 Å². The Kier molecular flexibility index (Phi) is 3.81. The first-order valence-corrected chi connectivity index (χ1v) is 6.48. The average molecular weight is 249 g/mol. The van der Waals surface area contributed by atoms with E-state index in [1.807, 2.05) is 13.1 Å². The number of hydrogen-bond donors (Lipinski definition) is 1. The summed E-state index contributed by atoms with van der Waals surface area (Å²) in [5.41, 5.74) is 1.77. The van der Waals surface area contributed by atoms with E-state index in [9.17, 15) is 0 Å². The third-order valence-electron chi connectivity index (χ3n) is 4.04. The zero-order valence-electron chi connectivity index (χ0n) is 11.7. The molecule has 2 atom stereocenters. The molecule has 1 aromatic rings. The fraction of sp³-hybridized carbons (Fsp3) is 0.600. The fourth-order valence-electron chi connectivity index (χ4n) is 2.74. The summed E-state index contributed by atoms with van der Waals surface area (Å²) in [6, 6.07) is 6.23. The lowest BCUT2D eigenvalue weighted by Crippen LogP contribution is -2.15. The molecule has 18 heavy (non-hydrogen) atoms. The number of methoxy groups -OCH3 is 2. The van der Waals surface area contributed by atoms with Crippen molar-refractivity contribution in [2.24, 2.45) is 11.3 Å². The van der Waals surface area contributed by atoms with Crippen molar-refractivity contribution in [1.82, 2.24) is 5.32 Å². The van der Waals surface area contributed by atoms with E-state index in [0.717, 1.165) is 30.4 Å². The Morgan fingerprint density at radius 3 is 2.61 bits per heavy atom. The van der Waals surface area contributed by atoms with Crippen LogP contribution in [0.3, 0.4) is 0 Å². The summed E-state index contributed by atoms with van der Waals surface area (Å²) < 4.78 is 10.6. The Bertz CT molecular complexity index is 419. The second kappa shape index (κ2) is 5.19. The molecular weight excluding hydrogens is 226 g/mol. The zero-order chi connectivity index (χ0) is 13.2. The van der Waals surface area contributed by atoms with E-state index in [2.05, 4.69) is 24.4 Å². The molecule has 0 saturated heterocycles. The van der Waals surface area contributed by atoms with Crippen molar-refractivity contribution in [3.63, 3.8) is 0 Å². The molecular formula is C15H23NO2. The lowest BCUT2D eigenvalue weighted by molar-refractivity contribution is 0.354. The normalized spacial score (nSPS) is 25.9. The van der Waals surface area contributed by atoms with Crippen LogP contribution in [0.25, 0.3) is 0 Å². The SMILES string of the molecule is CNCC1CC1(C)Cc1ccc(OC)c(OC)c1. The zero-order valence-corrected chi connectivity index (χ0v) is 11.7. The number of nitrogens with one attached hydrogen (secondary N) is 1. The topological polar surface area (TPSA) is 30.5 Å². The van der Waals surface area contributed by atoms with Gasteiger partial charge in [0.15, 0.2) is 11.5 Å². The van der Waals surface area contributed by atoms with Gasteiger partial charge in [-0.15, -0.1) is 0 Å². The van der Waals surface area contributed by atoms with Crippen LogP contribution >= 0.6 is 0 Å². The minimum atomic E-state index is 0.447. The summed E-state index contributed by atoms with van der Waals surface area (Å²) in [5.74, 6) is 2.42. The quantitative estimate of drug-likeness (QED) is 0.840. The van der Waals surface area contributed by atoms with Crippen LogP contribution < -0.4 is 14.8 Å². The second-order valence-corrected chi connectivity index (χ2v) is 5.48. The number of ether oxygens (including phenoxy) is 2. The van der Waals surface area contributed by atoms with Crippen LogP contribution in [0.5, 0.6) is 11.5 Å². The van der Waals surface area contributed by atoms with Crippen molar-refractivity contribution < 1.29 is 9.47 Å². The maximum atomic E-state index is 5.35. The van der Waals surface area contributed by atoms with E-state index in [1.165, 1.54) is 12.0 Å². The summed E-state index contributed by atoms with van der Waals surface area (Å²) >= 11 is 0. The summed E-state index contributed by atoms with van der Waals surface area (Å²) in [5, 5.41) is 3.27. The standard InChI is InChI=1S/C15H23NO2/c1-15(9-12(15)10-16-2)8-11-5-6-13(17-3)14(7-11)18-4/h5-7,12,16H,8-10H2,1-4H3. The summed E-state index contributed by atoms with van der Waals surface area (Å²) in [7, 11) is 5.38. The summed E-state index contributed by atoms with van der Waals surface area (Å²) in [6.07, 6.45) is 2.42. The van der Waals surface area contributed by atoms with Crippen LogP contribution in [0.15, 0.2) is 18.2 Å². The van der Waals surface area contributed by atoms with Gasteiger partial charge >= 0.3 is 0 Å². The molecule has 0 aromatic heterocycles. The van der Waals surface area contributed by atoms with E-state index in [1.54, 1.807) is 14.2 Å². The van der Waals surface area contributed by atoms with Crippen LogP contribution in [0.1, 0.15) is 18.9 Å². The van der Waals surface area contributed by atoms with Crippen molar-refractivity contribution in [2.45, 2.75) is 19.8 Å². The molecule has 1 aromatic carbocycles. The highest BCUT2D eigenvalue weighted by molar-refractivity contribution is 5.43. The molecule has 0 spiro atoms. The van der Waals surface area contributed by atoms with Gasteiger partial charge in [-0.3, -0.25) is 0 Å². The minimum absolute atomic E-state index is 0.447. The van der Waals surface area contributed by atoms with Crippen LogP contribution in [-0.2, 0) is 6.42 Å². The van der Waals surface area contributed by atoms with Crippen molar-refractivity contribution in [2.75, 3.05) is 27.8 Å². The third kappa shape index (κ3) is 2.61. The molecule has 0 bridgehead atoms. The Morgan fingerprint density at radius 2 is 2.00 bits per heavy atom. The Balaban J connectivity index is 2.07. The molecule has 1 fully saturated rings. The highest BCUT2D eigenvalue weighted by Gasteiger charge is 2.48. The summed E-state index contributed by atoms with van der Waals surface area (Å²) in [6.45, 7) is 3.48. The van der Waals surface area contributed by atoms with Gasteiger partial charge in [-0.1, -0.05) is 13.0 Å². The van der Waals surface area contributed by atoms with E-state index >= 15 is 0 Å². The first-order valence-electron chi connectivity index (χ1n) is 6.48. The molecule has 1 N–H and O–H groups in total. The van der Waals surface area contributed by atoms with E-state index in [4.69, 9.17) is 9.47 Å². The van der Waals surface area contributed by atoms with Crippen molar-refractivity contribution in [3.05, 3.63) is 23.8 Å². The second-order valence-electron chi connectivity index (χ2n) is 5.48. The molecule has 3 nitrogen and oxygen atoms in total. The van der Waals surface area contributed by atoms with Crippen molar-refractivity contribution in [1.29, 1.82) is 0 Å². The fourth-order valence-corrected chi connectivity index (χ4v) is 2.74. The van der Waals surface area contributed by atoms with E-state index < -0.39 is 0 Å². The molecule has 1 saturated carbocycles. The Hall–Kier alpha value is -1.22. The molecule has 1 aliphatic carbocycles. The van der Waals surface area contributed by atoms with Gasteiger partial charge in [0.1, 0.15) is 0 Å². The van der Waals surface area contributed by atoms with Crippen molar-refractivity contribution >= 4 is 0 Å². The van der Waals surface area contributed by atoms with Crippen molar-refractivity contribution in [3.8, 4) is 11.5 Å². The first kappa shape index (κ1) is 13.2. The maximum absolute atomic E-state index is 5.35. The van der Waals surface area contributed by atoms with E-state index in [0.29, 0.717) is 5.41 Å². The van der Waals surface area contributed by atoms with Gasteiger partial charge in [-0.05, 0) is 55.5 Å². The van der Waals surface area contributed by atoms with Crippen LogP contribution in [-0.4, -0.2) is 27.8 Å². The van der Waals surface area contributed by atoms with Gasteiger partial charge < -0.3 is 14.8 Å². The molecule has 1 aliphatic rings. The number of benzene rings is 1. The van der Waals surface area contributed by atoms with E-state index in [-0.39, 0.29) is 0 Å². The minimum Gasteiger partial charge on any atom is -0.493 e. The van der Waals surface area contributed by atoms with Gasteiger partial charge in [0, 0.05) is 0 Å². The molecule has 100 valence electrons. The molecule has 2 rings (SSSR count). The predicted molar refractivity (Wildman–Crippen MR) is 73.4 cm³/mol. The Morgan fingerprint density at radius 1 is 1.28 bits per heavy atom. The molecule has 0 heterocycles. The monoisotopic (exact) mass is 249 g/mol. The van der Waals surface area contributed by atoms with Crippen LogP contribution in [0.2, 0.25) is 0 Å². The molecule has 0 radical (unpaired) electrons. The van der Waals surface area contributed by atoms with Gasteiger partial charge in [0.05, 0.1) is 14.2 Å². The van der Waals surface area contributed by atoms with Gasteiger partial charge in [0.2, 0.25) is 0 Å². The van der Waals surface area contributed by atoms with Gasteiger partial charge in [-0.2, -0.15) is 0 Å². The van der Waals surface area contributed by atoms with Crippen LogP contribution in [0.4, 0.5) is 0 Å². The Labute approximate surface area is 109 Å². The van der Waals surface area contributed by atoms with Gasteiger partial charge in [0.25, 0.3) is 0 Å². The number of hydrogen-bond acceptors (Lipinski definition) is 3. The largest absolute Gasteiger partial charge is 0.493 e. The molecule has 0 amide bonds. The molecule has 0 aliphatic heterocycles.